The lowest BCUT2D eigenvalue weighted by Gasteiger charge is -2.20. The fourth-order valence-electron chi connectivity index (χ4n) is 3.07. The molecule has 0 fully saturated rings. The van der Waals surface area contributed by atoms with Crippen LogP contribution < -0.4 is 15.4 Å². The molecule has 31 heavy (non-hydrogen) atoms. The van der Waals surface area contributed by atoms with Crippen LogP contribution in [0, 0.1) is 0 Å². The van der Waals surface area contributed by atoms with Gasteiger partial charge >= 0.3 is 0 Å². The molecule has 1 aliphatic heterocycles. The van der Waals surface area contributed by atoms with Crippen molar-refractivity contribution in [2.75, 3.05) is 12.4 Å². The molecule has 7 nitrogen and oxygen atoms in total. The predicted molar refractivity (Wildman–Crippen MR) is 119 cm³/mol. The third-order valence-corrected chi connectivity index (χ3v) is 4.94. The number of rotatable bonds is 7. The van der Waals surface area contributed by atoms with Gasteiger partial charge in [-0.2, -0.15) is 0 Å². The van der Waals surface area contributed by atoms with Gasteiger partial charge in [-0.25, -0.2) is 4.99 Å². The minimum atomic E-state index is -0.949. The van der Waals surface area contributed by atoms with E-state index >= 15 is 0 Å². The summed E-state index contributed by atoms with van der Waals surface area (Å²) < 4.78 is 5.18. The van der Waals surface area contributed by atoms with Gasteiger partial charge in [0.25, 0.3) is 11.8 Å². The number of hydrogen-bond donors (Lipinski definition) is 2. The van der Waals surface area contributed by atoms with Crippen molar-refractivity contribution in [3.8, 4) is 5.75 Å². The Morgan fingerprint density at radius 1 is 1.00 bits per heavy atom. The summed E-state index contributed by atoms with van der Waals surface area (Å²) >= 11 is 0. The zero-order valence-electron chi connectivity index (χ0n) is 17.7. The molecule has 7 heteroatoms. The number of dihydropyridines is 1. The Hall–Kier alpha value is -3.74. The van der Waals surface area contributed by atoms with Gasteiger partial charge in [-0.05, 0) is 41.3 Å². The normalized spacial score (nSPS) is 14.1. The highest BCUT2D eigenvalue weighted by atomic mass is 16.5. The first kappa shape index (κ1) is 22.0. The number of ether oxygens (including phenoxy) is 1. The molecular formula is C24H25N3O4. The lowest BCUT2D eigenvalue weighted by Crippen LogP contribution is -2.38. The summed E-state index contributed by atoms with van der Waals surface area (Å²) in [5.41, 5.74) is 2.63. The number of aliphatic imine (C=N–C) groups is 1. The zero-order chi connectivity index (χ0) is 22.4. The highest BCUT2D eigenvalue weighted by Gasteiger charge is 2.25. The molecule has 0 spiro atoms. The minimum Gasteiger partial charge on any atom is -0.497 e. The van der Waals surface area contributed by atoms with Crippen LogP contribution in [0.3, 0.4) is 0 Å². The second kappa shape index (κ2) is 9.84. The molecule has 1 atom stereocenters. The van der Waals surface area contributed by atoms with Crippen LogP contribution in [0.2, 0.25) is 0 Å². The monoisotopic (exact) mass is 419 g/mol. The van der Waals surface area contributed by atoms with Crippen molar-refractivity contribution in [1.82, 2.24) is 5.32 Å². The van der Waals surface area contributed by atoms with E-state index in [0.29, 0.717) is 22.9 Å². The predicted octanol–water partition coefficient (Wildman–Crippen LogP) is 3.54. The first-order chi connectivity index (χ1) is 14.9. The van der Waals surface area contributed by atoms with E-state index < -0.39 is 11.9 Å². The maximum absolute atomic E-state index is 13.1. The van der Waals surface area contributed by atoms with Crippen molar-refractivity contribution in [2.45, 2.75) is 32.2 Å². The highest BCUT2D eigenvalue weighted by molar-refractivity contribution is 6.16. The van der Waals surface area contributed by atoms with Crippen molar-refractivity contribution < 1.29 is 19.1 Å². The number of carbonyl (C=O) groups is 3. The number of anilines is 1. The van der Waals surface area contributed by atoms with Gasteiger partial charge in [0, 0.05) is 18.3 Å². The van der Waals surface area contributed by atoms with E-state index in [0.717, 1.165) is 5.56 Å². The first-order valence-electron chi connectivity index (χ1n) is 10.00. The number of benzene rings is 2. The largest absolute Gasteiger partial charge is 0.497 e. The van der Waals surface area contributed by atoms with Crippen molar-refractivity contribution in [2.24, 2.45) is 4.99 Å². The smallest absolute Gasteiger partial charge is 0.253 e. The molecule has 160 valence electrons. The van der Waals surface area contributed by atoms with Crippen molar-refractivity contribution in [3.05, 3.63) is 71.3 Å². The Morgan fingerprint density at radius 2 is 1.65 bits per heavy atom. The molecule has 0 aromatic heterocycles. The average Bonchev–Trinajstić information content (AvgIpc) is 2.78. The summed E-state index contributed by atoms with van der Waals surface area (Å²) in [6.07, 6.45) is 2.77. The summed E-state index contributed by atoms with van der Waals surface area (Å²) in [7, 11) is 1.55. The van der Waals surface area contributed by atoms with Crippen LogP contribution in [0.1, 0.15) is 43.4 Å². The molecule has 0 saturated heterocycles. The molecule has 0 radical (unpaired) electrons. The Labute approximate surface area is 181 Å². The minimum absolute atomic E-state index is 0.0564. The summed E-state index contributed by atoms with van der Waals surface area (Å²) in [6.45, 7) is 4.19. The number of methoxy groups -OCH3 is 1. The topological polar surface area (TPSA) is 96.9 Å². The van der Waals surface area contributed by atoms with Crippen LogP contribution in [0.5, 0.6) is 5.75 Å². The molecule has 0 bridgehead atoms. The molecule has 3 rings (SSSR count). The van der Waals surface area contributed by atoms with E-state index in [-0.39, 0.29) is 23.8 Å². The molecule has 2 aromatic rings. The number of amides is 3. The number of hydrogen-bond acceptors (Lipinski definition) is 4. The Balaban J connectivity index is 1.82. The van der Waals surface area contributed by atoms with Gasteiger partial charge in [0.15, 0.2) is 0 Å². The quantitative estimate of drug-likeness (QED) is 0.717. The fourth-order valence-corrected chi connectivity index (χ4v) is 3.07. The van der Waals surface area contributed by atoms with Gasteiger partial charge in [0.2, 0.25) is 5.91 Å². The fraction of sp³-hybridized carbons (Fsp3) is 0.250. The number of nitrogens with zero attached hydrogens (tertiary/aromatic N) is 1. The Bertz CT molecular complexity index is 1020. The van der Waals surface area contributed by atoms with Crippen LogP contribution in [0.4, 0.5) is 5.69 Å². The van der Waals surface area contributed by atoms with Crippen LogP contribution >= 0.6 is 0 Å². The van der Waals surface area contributed by atoms with Crippen LogP contribution in [-0.4, -0.2) is 31.0 Å². The van der Waals surface area contributed by atoms with Gasteiger partial charge in [-0.3, -0.25) is 14.4 Å². The number of carbonyl (C=O) groups excluding carboxylic acids is 3. The Kier molecular flexibility index (Phi) is 6.97. The first-order valence-corrected chi connectivity index (χ1v) is 10.00. The lowest BCUT2D eigenvalue weighted by atomic mass is 10.0. The van der Waals surface area contributed by atoms with E-state index in [1.165, 1.54) is 12.3 Å². The zero-order valence-corrected chi connectivity index (χ0v) is 17.7. The van der Waals surface area contributed by atoms with Crippen molar-refractivity contribution in [3.63, 3.8) is 0 Å². The van der Waals surface area contributed by atoms with Crippen molar-refractivity contribution >= 4 is 29.6 Å². The molecule has 1 aliphatic rings. The average molecular weight is 419 g/mol. The summed E-state index contributed by atoms with van der Waals surface area (Å²) in [4.78, 5) is 40.7. The molecule has 1 heterocycles. The van der Waals surface area contributed by atoms with E-state index in [1.54, 1.807) is 31.4 Å². The van der Waals surface area contributed by atoms with Gasteiger partial charge < -0.3 is 15.4 Å². The second-order valence-electron chi connectivity index (χ2n) is 7.46. The summed E-state index contributed by atoms with van der Waals surface area (Å²) in [5, 5.41) is 5.60. The van der Waals surface area contributed by atoms with E-state index in [4.69, 9.17) is 4.74 Å². The van der Waals surface area contributed by atoms with E-state index in [9.17, 15) is 14.4 Å². The molecule has 3 amide bonds. The molecule has 0 unspecified atom stereocenters. The second-order valence-corrected chi connectivity index (χ2v) is 7.46. The molecular weight excluding hydrogens is 394 g/mol. The van der Waals surface area contributed by atoms with Crippen LogP contribution in [0.25, 0.3) is 0 Å². The van der Waals surface area contributed by atoms with Crippen molar-refractivity contribution in [1.29, 1.82) is 0 Å². The summed E-state index contributed by atoms with van der Waals surface area (Å²) in [5.74, 6) is -0.166. The van der Waals surface area contributed by atoms with Crippen LogP contribution in [-0.2, 0) is 14.4 Å². The lowest BCUT2D eigenvalue weighted by molar-refractivity contribution is -0.124. The van der Waals surface area contributed by atoms with Gasteiger partial charge in [-0.15, -0.1) is 0 Å². The molecule has 2 N–H and O–H groups in total. The Morgan fingerprint density at radius 3 is 2.19 bits per heavy atom. The SMILES string of the molecule is COc1ccc([C@@H](NC(=O)C2=CCC(=O)N=C2)C(=O)Nc2ccc(C(C)C)cc2)cc1. The third kappa shape index (κ3) is 5.66. The van der Waals surface area contributed by atoms with Gasteiger partial charge in [0.1, 0.15) is 11.8 Å². The maximum atomic E-state index is 13.1. The third-order valence-electron chi connectivity index (χ3n) is 4.94. The molecule has 0 aliphatic carbocycles. The van der Waals surface area contributed by atoms with Crippen LogP contribution in [0.15, 0.2) is 65.2 Å². The molecule has 0 saturated carbocycles. The van der Waals surface area contributed by atoms with Gasteiger partial charge in [-0.1, -0.05) is 44.2 Å². The summed E-state index contributed by atoms with van der Waals surface area (Å²) in [6, 6.07) is 13.5. The van der Waals surface area contributed by atoms with Gasteiger partial charge in [0.05, 0.1) is 12.7 Å². The van der Waals surface area contributed by atoms with E-state index in [2.05, 4.69) is 29.5 Å². The maximum Gasteiger partial charge on any atom is 0.253 e. The standard InChI is InChI=1S/C24H25N3O4/c1-15(2)16-4-9-19(10-5-16)26-24(30)22(17-6-11-20(31-3)12-7-17)27-23(29)18-8-13-21(28)25-14-18/h4-12,14-15,22H,13H2,1-3H3,(H,26,30)(H,27,29)/t22-/m1/s1. The highest BCUT2D eigenvalue weighted by Crippen LogP contribution is 2.22. The molecule has 2 aromatic carbocycles. The number of nitrogens with one attached hydrogen (secondary N) is 2. The van der Waals surface area contributed by atoms with E-state index in [1.807, 2.05) is 24.3 Å².